The van der Waals surface area contributed by atoms with Gasteiger partial charge in [-0.1, -0.05) is 12.1 Å². The summed E-state index contributed by atoms with van der Waals surface area (Å²) in [6, 6.07) is 13.6. The van der Waals surface area contributed by atoms with Crippen LogP contribution in [0.15, 0.2) is 59.7 Å². The van der Waals surface area contributed by atoms with Crippen LogP contribution in [-0.4, -0.2) is 34.7 Å². The lowest BCUT2D eigenvalue weighted by Crippen LogP contribution is -2.39. The van der Waals surface area contributed by atoms with Gasteiger partial charge in [0.2, 0.25) is 5.95 Å². The van der Waals surface area contributed by atoms with Crippen molar-refractivity contribution in [1.82, 2.24) is 14.5 Å². The molecule has 0 saturated heterocycles. The van der Waals surface area contributed by atoms with E-state index in [-0.39, 0.29) is 5.56 Å². The van der Waals surface area contributed by atoms with E-state index in [0.29, 0.717) is 5.69 Å². The Morgan fingerprint density at radius 2 is 1.96 bits per heavy atom. The molecule has 3 aromatic rings. The van der Waals surface area contributed by atoms with Crippen LogP contribution in [0.4, 0.5) is 5.95 Å². The minimum absolute atomic E-state index is 0.00862. The van der Waals surface area contributed by atoms with Gasteiger partial charge in [-0.15, -0.1) is 0 Å². The Bertz CT molecular complexity index is 1000. The van der Waals surface area contributed by atoms with Crippen molar-refractivity contribution in [3.63, 3.8) is 0 Å². The van der Waals surface area contributed by atoms with Gasteiger partial charge in [0.15, 0.2) is 0 Å². The number of aryl methyl sites for hydroxylation is 1. The number of nitrogens with zero attached hydrogens (tertiary/aromatic N) is 4. The molecule has 0 amide bonds. The Labute approximate surface area is 164 Å². The first-order valence-corrected chi connectivity index (χ1v) is 9.65. The molecule has 0 spiro atoms. The molecule has 0 aliphatic carbocycles. The van der Waals surface area contributed by atoms with E-state index in [1.165, 1.54) is 5.56 Å². The van der Waals surface area contributed by atoms with Crippen molar-refractivity contribution in [3.05, 3.63) is 70.8 Å². The number of fused-ring (bicyclic) bond motifs is 1. The highest BCUT2D eigenvalue weighted by atomic mass is 16.5. The fraction of sp³-hybridized carbons (Fsp3) is 0.318. The summed E-state index contributed by atoms with van der Waals surface area (Å²) in [6.07, 6.45) is 6.35. The summed E-state index contributed by atoms with van der Waals surface area (Å²) in [5.41, 5.74) is 2.89. The van der Waals surface area contributed by atoms with Crippen molar-refractivity contribution in [3.8, 4) is 17.0 Å². The van der Waals surface area contributed by atoms with Gasteiger partial charge in [-0.2, -0.15) is 0 Å². The SMILES string of the molecule is COc1cccc(CCCN2CCCn3c2nc(-c2ccncc2)cc3=O)c1. The largest absolute Gasteiger partial charge is 0.497 e. The first-order valence-electron chi connectivity index (χ1n) is 9.65. The topological polar surface area (TPSA) is 60.2 Å². The molecule has 6 nitrogen and oxygen atoms in total. The molecule has 28 heavy (non-hydrogen) atoms. The molecule has 2 aromatic heterocycles. The minimum atomic E-state index is 0.00862. The number of pyridine rings is 1. The molecular formula is C22H24N4O2. The molecule has 144 valence electrons. The van der Waals surface area contributed by atoms with Crippen molar-refractivity contribution < 1.29 is 4.74 Å². The Morgan fingerprint density at radius 1 is 1.11 bits per heavy atom. The van der Waals surface area contributed by atoms with Crippen LogP contribution in [0.2, 0.25) is 0 Å². The third-order valence-corrected chi connectivity index (χ3v) is 5.08. The van der Waals surface area contributed by atoms with Crippen LogP contribution in [0.5, 0.6) is 5.75 Å². The molecule has 4 rings (SSSR count). The Hall–Kier alpha value is -3.15. The highest BCUT2D eigenvalue weighted by molar-refractivity contribution is 5.59. The zero-order valence-corrected chi connectivity index (χ0v) is 16.0. The molecule has 0 fully saturated rings. The second-order valence-electron chi connectivity index (χ2n) is 6.96. The number of rotatable bonds is 6. The van der Waals surface area contributed by atoms with E-state index in [0.717, 1.165) is 56.2 Å². The van der Waals surface area contributed by atoms with E-state index in [1.807, 2.05) is 24.3 Å². The highest BCUT2D eigenvalue weighted by Gasteiger charge is 2.20. The lowest BCUT2D eigenvalue weighted by molar-refractivity contribution is 0.414. The van der Waals surface area contributed by atoms with Crippen LogP contribution in [0.1, 0.15) is 18.4 Å². The van der Waals surface area contributed by atoms with Gasteiger partial charge in [-0.3, -0.25) is 14.3 Å². The summed E-state index contributed by atoms with van der Waals surface area (Å²) in [6.45, 7) is 2.51. The van der Waals surface area contributed by atoms with E-state index < -0.39 is 0 Å². The Balaban J connectivity index is 1.52. The van der Waals surface area contributed by atoms with Crippen LogP contribution in [-0.2, 0) is 13.0 Å². The molecule has 1 aliphatic rings. The number of hydrogen-bond donors (Lipinski definition) is 0. The van der Waals surface area contributed by atoms with Gasteiger partial charge in [0.1, 0.15) is 5.75 Å². The van der Waals surface area contributed by atoms with E-state index in [4.69, 9.17) is 9.72 Å². The molecule has 0 radical (unpaired) electrons. The lowest BCUT2D eigenvalue weighted by atomic mass is 10.1. The lowest BCUT2D eigenvalue weighted by Gasteiger charge is -2.31. The first kappa shape index (κ1) is 18.2. The third kappa shape index (κ3) is 3.91. The molecule has 0 atom stereocenters. The number of ether oxygens (including phenoxy) is 1. The van der Waals surface area contributed by atoms with Crippen molar-refractivity contribution >= 4 is 5.95 Å². The van der Waals surface area contributed by atoms with Crippen molar-refractivity contribution in [2.24, 2.45) is 0 Å². The van der Waals surface area contributed by atoms with E-state index in [9.17, 15) is 4.79 Å². The molecule has 3 heterocycles. The zero-order valence-electron chi connectivity index (χ0n) is 16.0. The van der Waals surface area contributed by atoms with Crippen molar-refractivity contribution in [1.29, 1.82) is 0 Å². The maximum atomic E-state index is 12.6. The minimum Gasteiger partial charge on any atom is -0.497 e. The van der Waals surface area contributed by atoms with Crippen LogP contribution < -0.4 is 15.2 Å². The van der Waals surface area contributed by atoms with Gasteiger partial charge < -0.3 is 9.64 Å². The van der Waals surface area contributed by atoms with E-state index in [1.54, 1.807) is 30.1 Å². The second-order valence-corrected chi connectivity index (χ2v) is 6.96. The number of aromatic nitrogens is 3. The van der Waals surface area contributed by atoms with Gasteiger partial charge >= 0.3 is 0 Å². The van der Waals surface area contributed by atoms with Crippen LogP contribution in [0, 0.1) is 0 Å². The summed E-state index contributed by atoms with van der Waals surface area (Å²) in [7, 11) is 1.69. The molecule has 0 saturated carbocycles. The van der Waals surface area contributed by atoms with Gasteiger partial charge in [-0.05, 0) is 49.1 Å². The predicted octanol–water partition coefficient (Wildman–Crippen LogP) is 3.16. The molecule has 0 N–H and O–H groups in total. The quantitative estimate of drug-likeness (QED) is 0.661. The van der Waals surface area contributed by atoms with Gasteiger partial charge in [0.05, 0.1) is 12.8 Å². The first-order chi connectivity index (χ1) is 13.7. The average molecular weight is 376 g/mol. The zero-order chi connectivity index (χ0) is 19.3. The normalized spacial score (nSPS) is 13.2. The third-order valence-electron chi connectivity index (χ3n) is 5.08. The summed E-state index contributed by atoms with van der Waals surface area (Å²) < 4.78 is 7.09. The molecule has 0 bridgehead atoms. The van der Waals surface area contributed by atoms with Crippen molar-refractivity contribution in [2.45, 2.75) is 25.8 Å². The summed E-state index contributed by atoms with van der Waals surface area (Å²) in [4.78, 5) is 23.7. The van der Waals surface area contributed by atoms with Gasteiger partial charge in [0.25, 0.3) is 5.56 Å². The number of benzene rings is 1. The molecule has 0 unspecified atom stereocenters. The Kier molecular flexibility index (Phi) is 5.37. The van der Waals surface area contributed by atoms with Gasteiger partial charge in [0, 0.05) is 43.7 Å². The molecular weight excluding hydrogens is 352 g/mol. The maximum Gasteiger partial charge on any atom is 0.255 e. The summed E-state index contributed by atoms with van der Waals surface area (Å²) >= 11 is 0. The number of anilines is 1. The number of hydrogen-bond acceptors (Lipinski definition) is 5. The predicted molar refractivity (Wildman–Crippen MR) is 110 cm³/mol. The Morgan fingerprint density at radius 3 is 2.79 bits per heavy atom. The fourth-order valence-corrected chi connectivity index (χ4v) is 3.65. The standard InChI is InChI=1S/C22H24N4O2/c1-28-19-7-2-5-17(15-19)6-3-12-25-13-4-14-26-21(27)16-20(24-22(25)26)18-8-10-23-11-9-18/h2,5,7-11,15-16H,3-4,6,12-14H2,1H3. The van der Waals surface area contributed by atoms with Crippen LogP contribution >= 0.6 is 0 Å². The average Bonchev–Trinajstić information content (AvgIpc) is 2.75. The number of methoxy groups -OCH3 is 1. The summed E-state index contributed by atoms with van der Waals surface area (Å²) in [5, 5.41) is 0. The molecule has 6 heteroatoms. The van der Waals surface area contributed by atoms with E-state index in [2.05, 4.69) is 22.0 Å². The smallest absolute Gasteiger partial charge is 0.255 e. The molecule has 1 aromatic carbocycles. The summed E-state index contributed by atoms with van der Waals surface area (Å²) in [5.74, 6) is 1.66. The molecule has 1 aliphatic heterocycles. The maximum absolute atomic E-state index is 12.6. The van der Waals surface area contributed by atoms with Gasteiger partial charge in [-0.25, -0.2) is 4.98 Å². The van der Waals surface area contributed by atoms with Crippen LogP contribution in [0.25, 0.3) is 11.3 Å². The van der Waals surface area contributed by atoms with Crippen LogP contribution in [0.3, 0.4) is 0 Å². The van der Waals surface area contributed by atoms with E-state index >= 15 is 0 Å². The second kappa shape index (κ2) is 8.25. The van der Waals surface area contributed by atoms with Crippen molar-refractivity contribution in [2.75, 3.05) is 25.1 Å². The highest BCUT2D eigenvalue weighted by Crippen LogP contribution is 2.22. The fourth-order valence-electron chi connectivity index (χ4n) is 3.65. The monoisotopic (exact) mass is 376 g/mol.